The van der Waals surface area contributed by atoms with Gasteiger partial charge in [-0.05, 0) is 175 Å². The van der Waals surface area contributed by atoms with Crippen LogP contribution in [-0.2, 0) is 28.5 Å². The Hall–Kier alpha value is -6.39. The number of aromatic nitrogens is 9. The van der Waals surface area contributed by atoms with E-state index in [1.165, 1.54) is 31.1 Å². The quantitative estimate of drug-likeness (QED) is 0.0521. The minimum Gasteiger partial charge on any atom is -0.662 e. The predicted molar refractivity (Wildman–Crippen MR) is 316 cm³/mol. The number of hydrogen-bond donors (Lipinski definition) is 1. The zero-order valence-corrected chi connectivity index (χ0v) is 53.5. The van der Waals surface area contributed by atoms with Crippen LogP contribution in [0.2, 0.25) is 15.1 Å². The van der Waals surface area contributed by atoms with E-state index in [0.717, 1.165) is 90.0 Å². The van der Waals surface area contributed by atoms with Crippen molar-refractivity contribution in [2.45, 2.75) is 89.9 Å². The van der Waals surface area contributed by atoms with Gasteiger partial charge in [-0.15, -0.1) is 0 Å². The molecule has 3 aromatic carbocycles. The molecule has 87 heavy (non-hydrogen) atoms. The zero-order valence-electron chi connectivity index (χ0n) is 47.6. The van der Waals surface area contributed by atoms with Gasteiger partial charge < -0.3 is 47.7 Å². The van der Waals surface area contributed by atoms with Crippen molar-refractivity contribution < 1.29 is 90.7 Å². The third-order valence-electron chi connectivity index (χ3n) is 13.4. The molecular weight excluding hydrogens is 1270 g/mol. The molecule has 19 nitrogen and oxygen atoms in total. The van der Waals surface area contributed by atoms with E-state index in [0.29, 0.717) is 17.2 Å². The molecule has 2 atom stereocenters. The summed E-state index contributed by atoms with van der Waals surface area (Å²) in [5, 5.41) is 20.3. The first-order chi connectivity index (χ1) is 41.4. The third kappa shape index (κ3) is 19.3. The summed E-state index contributed by atoms with van der Waals surface area (Å²) in [6.45, 7) is 9.63. The second-order valence-corrected chi connectivity index (χ2v) is 22.1. The molecule has 0 amide bonds. The molecule has 3 aliphatic heterocycles. The first-order valence-electron chi connectivity index (χ1n) is 26.7. The van der Waals surface area contributed by atoms with Crippen LogP contribution in [0.4, 0.5) is 13.2 Å². The standard InChI is InChI=1S/C19H17ClFN3O2.C14H23BN2O3.C14H9ClFN3O.C11H6BrClFNO.CH2O3.Na/c20-14-9-16(21)19(23-10-14)26-15-6-4-13(5-7-15)17-11-22-12-24(17)18-3-1-2-8-25-18;1-13(2)14(3,4)20-15(19-13)11-8-9-16-17(11)12-7-5-6-10-18-12;15-10-7-12(16)14(17-8-10)20-11-3-1-9(2-4-11)13-5-6-18-19-13;12-7-1-3-9(4-2-7)16-11-10(14)5-8(13)6-15-11;2-1-4-3;/h4-7,9-12,18H,1-3,8H2;8-9,12H,5-7,10H2,1-4H3;1-8H,(H,18,19);1-6H;1,3H;/q;;;;;+1/p-1. The van der Waals surface area contributed by atoms with E-state index in [1.807, 2.05) is 47.3 Å². The Balaban J connectivity index is 0.000000164. The largest absolute Gasteiger partial charge is 1.00 e. The van der Waals surface area contributed by atoms with Crippen LogP contribution in [0.1, 0.15) is 78.7 Å². The van der Waals surface area contributed by atoms with Crippen molar-refractivity contribution in [3.05, 3.63) is 184 Å². The second-order valence-electron chi connectivity index (χ2n) is 19.9. The molecule has 3 aliphatic rings. The fourth-order valence-corrected chi connectivity index (χ4v) is 9.11. The van der Waals surface area contributed by atoms with Gasteiger partial charge in [0.15, 0.2) is 17.5 Å². The maximum atomic E-state index is 13.8. The molecule has 6 aromatic heterocycles. The number of nitrogens with zero attached hydrogens (tertiary/aromatic N) is 8. The molecule has 1 N–H and O–H groups in total. The number of aromatic amines is 1. The minimum absolute atomic E-state index is 0. The Kier molecular flexibility index (Phi) is 25.6. The van der Waals surface area contributed by atoms with Crippen molar-refractivity contribution in [3.63, 3.8) is 0 Å². The number of carbonyl (C=O) groups is 1. The number of pyridine rings is 3. The van der Waals surface area contributed by atoms with Crippen LogP contribution in [0.3, 0.4) is 0 Å². The predicted octanol–water partition coefficient (Wildman–Crippen LogP) is 11.0. The van der Waals surface area contributed by atoms with E-state index in [9.17, 15) is 13.2 Å². The van der Waals surface area contributed by atoms with Gasteiger partial charge in [0.2, 0.25) is 0 Å². The minimum atomic E-state index is -0.603. The number of ether oxygens (including phenoxy) is 5. The molecule has 28 heteroatoms. The van der Waals surface area contributed by atoms with Crippen molar-refractivity contribution >= 4 is 69.9 Å². The third-order valence-corrected chi connectivity index (χ3v) is 14.5. The Morgan fingerprint density at radius 1 is 0.655 bits per heavy atom. The number of H-pyrrole nitrogens is 1. The molecule has 3 saturated heterocycles. The van der Waals surface area contributed by atoms with E-state index >= 15 is 0 Å². The van der Waals surface area contributed by atoms with Crippen molar-refractivity contribution in [1.82, 2.24) is 44.5 Å². The molecule has 9 heterocycles. The van der Waals surface area contributed by atoms with Crippen molar-refractivity contribution in [3.8, 4) is 57.4 Å². The number of hydrogen-bond acceptors (Lipinski definition) is 16. The van der Waals surface area contributed by atoms with Gasteiger partial charge >= 0.3 is 36.7 Å². The van der Waals surface area contributed by atoms with Crippen LogP contribution >= 0.6 is 50.7 Å². The normalized spacial score (nSPS) is 16.3. The number of carbonyl (C=O) groups excluding carboxylic acids is 1. The summed E-state index contributed by atoms with van der Waals surface area (Å²) in [4.78, 5) is 26.9. The van der Waals surface area contributed by atoms with Crippen molar-refractivity contribution in [2.75, 3.05) is 13.2 Å². The molecule has 450 valence electrons. The van der Waals surface area contributed by atoms with Gasteiger partial charge in [0, 0.05) is 54.2 Å². The van der Waals surface area contributed by atoms with E-state index in [2.05, 4.69) is 88.3 Å². The molecular formula is C59H56BBrCl3F3N9NaO10. The van der Waals surface area contributed by atoms with Crippen LogP contribution in [-0.4, -0.2) is 82.5 Å². The van der Waals surface area contributed by atoms with E-state index in [-0.39, 0.29) is 99.5 Å². The molecule has 9 aromatic rings. The number of benzene rings is 3. The van der Waals surface area contributed by atoms with Gasteiger partial charge in [-0.25, -0.2) is 37.8 Å². The Morgan fingerprint density at radius 2 is 1.11 bits per heavy atom. The smallest absolute Gasteiger partial charge is 0.662 e. The molecule has 0 saturated carbocycles. The molecule has 0 radical (unpaired) electrons. The second kappa shape index (κ2) is 32.7. The average Bonchev–Trinajstić information content (AvgIpc) is 1.74. The SMILES string of the molecule is CC1(C)OB(c2ccnn2C2CCCCO2)OC1(C)C.Fc1cc(Cl)cnc1Oc1ccc(-c2ccn[nH]2)cc1.Fc1cc(Cl)cnc1Oc1ccc(-c2cncn2C2CCCCO2)cc1.Fc1cc(Cl)cnc1Oc1ccc(Br)cc1.O=CO[O-].[Na+]. The van der Waals surface area contributed by atoms with Crippen LogP contribution in [0.5, 0.6) is 34.9 Å². The van der Waals surface area contributed by atoms with Crippen molar-refractivity contribution in [2.24, 2.45) is 0 Å². The van der Waals surface area contributed by atoms with Gasteiger partial charge in [0.1, 0.15) is 29.7 Å². The molecule has 0 bridgehead atoms. The van der Waals surface area contributed by atoms with Crippen LogP contribution in [0, 0.1) is 17.5 Å². The van der Waals surface area contributed by atoms with Gasteiger partial charge in [0.25, 0.3) is 24.1 Å². The molecule has 0 spiro atoms. The number of nitrogens with one attached hydrogen (secondary N) is 1. The Bertz CT molecular complexity index is 3580. The van der Waals surface area contributed by atoms with Crippen LogP contribution in [0.15, 0.2) is 151 Å². The Labute approximate surface area is 545 Å². The topological polar surface area (TPSA) is 217 Å². The number of imidazole rings is 1. The molecule has 3 fully saturated rings. The average molecular weight is 1330 g/mol. The summed E-state index contributed by atoms with van der Waals surface area (Å²) in [7, 11) is -0.381. The molecule has 0 aliphatic carbocycles. The van der Waals surface area contributed by atoms with E-state index < -0.39 is 17.5 Å². The van der Waals surface area contributed by atoms with Gasteiger partial charge in [0.05, 0.1) is 55.8 Å². The fraction of sp³-hybridized carbons (Fsp3) is 0.271. The van der Waals surface area contributed by atoms with Crippen molar-refractivity contribution in [1.29, 1.82) is 0 Å². The first-order valence-corrected chi connectivity index (χ1v) is 28.6. The monoisotopic (exact) mass is 1330 g/mol. The maximum Gasteiger partial charge on any atom is 1.00 e. The first kappa shape index (κ1) is 68.1. The maximum absolute atomic E-state index is 13.8. The van der Waals surface area contributed by atoms with Gasteiger partial charge in [-0.1, -0.05) is 50.7 Å². The summed E-state index contributed by atoms with van der Waals surface area (Å²) in [6.07, 6.45) is 17.6. The molecule has 2 unspecified atom stereocenters. The number of rotatable bonds is 12. The van der Waals surface area contributed by atoms with Gasteiger partial charge in [-0.2, -0.15) is 10.2 Å². The summed E-state index contributed by atoms with van der Waals surface area (Å²) >= 11 is 20.2. The summed E-state index contributed by atoms with van der Waals surface area (Å²) in [5.41, 5.74) is 4.08. The van der Waals surface area contributed by atoms with Crippen LogP contribution < -0.4 is 54.6 Å². The molecule has 12 rings (SSSR count). The number of halogens is 7. The Morgan fingerprint density at radius 3 is 1.54 bits per heavy atom. The zero-order chi connectivity index (χ0) is 61.2. The van der Waals surface area contributed by atoms with E-state index in [4.69, 9.17) is 77.8 Å². The summed E-state index contributed by atoms with van der Waals surface area (Å²) < 4.78 is 85.6. The summed E-state index contributed by atoms with van der Waals surface area (Å²) in [5.74, 6) is -0.612. The summed E-state index contributed by atoms with van der Waals surface area (Å²) in [6, 6.07) is 28.8. The van der Waals surface area contributed by atoms with Gasteiger partial charge in [-0.3, -0.25) is 9.89 Å². The van der Waals surface area contributed by atoms with E-state index in [1.54, 1.807) is 67.3 Å². The fourth-order valence-electron chi connectivity index (χ4n) is 8.41. The van der Waals surface area contributed by atoms with Crippen LogP contribution in [0.25, 0.3) is 22.5 Å².